The van der Waals surface area contributed by atoms with Crippen molar-refractivity contribution in [2.24, 2.45) is 0 Å². The van der Waals surface area contributed by atoms with Crippen LogP contribution in [0.3, 0.4) is 0 Å². The number of nitrogen functional groups attached to an aromatic ring is 1. The Balaban J connectivity index is 2.08. The van der Waals surface area contributed by atoms with Crippen molar-refractivity contribution >= 4 is 21.6 Å². The summed E-state index contributed by atoms with van der Waals surface area (Å²) in [5, 5.41) is 9.12. The van der Waals surface area contributed by atoms with Crippen molar-refractivity contribution in [3.05, 3.63) is 54.1 Å². The minimum absolute atomic E-state index is 0.00638. The second-order valence-electron chi connectivity index (χ2n) is 4.18. The number of hydrogen-bond donors (Lipinski definition) is 4. The smallest absolute Gasteiger partial charge is 0.266 e. The first-order valence-corrected chi connectivity index (χ1v) is 7.33. The Hall–Kier alpha value is -2.58. The maximum Gasteiger partial charge on any atom is 0.266 e. The Kier molecular flexibility index (Phi) is 4.10. The van der Waals surface area contributed by atoms with Crippen molar-refractivity contribution < 1.29 is 18.3 Å². The first kappa shape index (κ1) is 14.8. The summed E-state index contributed by atoms with van der Waals surface area (Å²) < 4.78 is 23.9. The molecular weight excluding hydrogens is 294 g/mol. The second-order valence-corrected chi connectivity index (χ2v) is 5.86. The number of phenolic OH excluding ortho intramolecular Hbond substituents is 1. The van der Waals surface area contributed by atoms with Gasteiger partial charge in [0.2, 0.25) is 0 Å². The van der Waals surface area contributed by atoms with Gasteiger partial charge in [-0.3, -0.25) is 10.2 Å². The lowest BCUT2D eigenvalue weighted by molar-refractivity contribution is 0.0945. The van der Waals surface area contributed by atoms with Gasteiger partial charge in [0.1, 0.15) is 5.75 Å². The van der Waals surface area contributed by atoms with E-state index in [1.807, 2.05) is 4.83 Å². The van der Waals surface area contributed by atoms with Crippen molar-refractivity contribution in [1.29, 1.82) is 0 Å². The minimum atomic E-state index is -3.91. The molecule has 8 heteroatoms. The van der Waals surface area contributed by atoms with Gasteiger partial charge >= 0.3 is 0 Å². The molecule has 0 atom stereocenters. The Morgan fingerprint density at radius 3 is 2.38 bits per heavy atom. The van der Waals surface area contributed by atoms with Gasteiger partial charge < -0.3 is 10.8 Å². The third-order valence-corrected chi connectivity index (χ3v) is 3.84. The van der Waals surface area contributed by atoms with Crippen molar-refractivity contribution in [3.8, 4) is 5.75 Å². The SMILES string of the molecule is Nc1cccc(S(=O)(=O)NNC(=O)c2ccc(O)cc2)c1. The molecule has 0 spiro atoms. The van der Waals surface area contributed by atoms with E-state index < -0.39 is 15.9 Å². The number of sulfonamides is 1. The van der Waals surface area contributed by atoms with Gasteiger partial charge in [0.15, 0.2) is 0 Å². The average molecular weight is 307 g/mol. The number of aromatic hydroxyl groups is 1. The zero-order valence-electron chi connectivity index (χ0n) is 10.8. The van der Waals surface area contributed by atoms with Crippen molar-refractivity contribution in [2.45, 2.75) is 4.90 Å². The molecule has 7 nitrogen and oxygen atoms in total. The van der Waals surface area contributed by atoms with Crippen molar-refractivity contribution in [3.63, 3.8) is 0 Å². The fourth-order valence-corrected chi connectivity index (χ4v) is 2.43. The van der Waals surface area contributed by atoms with E-state index in [2.05, 4.69) is 5.43 Å². The molecule has 5 N–H and O–H groups in total. The fourth-order valence-electron chi connectivity index (χ4n) is 1.54. The van der Waals surface area contributed by atoms with Gasteiger partial charge in [-0.05, 0) is 42.5 Å². The first-order chi connectivity index (χ1) is 9.88. The van der Waals surface area contributed by atoms with Gasteiger partial charge in [-0.15, -0.1) is 4.83 Å². The number of carbonyl (C=O) groups excluding carboxylic acids is 1. The molecular formula is C13H13N3O4S. The van der Waals surface area contributed by atoms with Crippen LogP contribution in [0.1, 0.15) is 10.4 Å². The van der Waals surface area contributed by atoms with E-state index in [4.69, 9.17) is 10.8 Å². The molecule has 0 aliphatic rings. The topological polar surface area (TPSA) is 122 Å². The molecule has 2 aromatic rings. The lowest BCUT2D eigenvalue weighted by Crippen LogP contribution is -2.41. The fraction of sp³-hybridized carbons (Fsp3) is 0. The summed E-state index contributed by atoms with van der Waals surface area (Å²) in [6, 6.07) is 11.0. The Morgan fingerprint density at radius 2 is 1.76 bits per heavy atom. The third kappa shape index (κ3) is 3.71. The number of rotatable bonds is 4. The van der Waals surface area contributed by atoms with E-state index in [0.717, 1.165) is 0 Å². The van der Waals surface area contributed by atoms with E-state index in [-0.39, 0.29) is 16.2 Å². The van der Waals surface area contributed by atoms with Crippen molar-refractivity contribution in [2.75, 3.05) is 5.73 Å². The maximum absolute atomic E-state index is 12.0. The zero-order chi connectivity index (χ0) is 15.5. The number of carbonyl (C=O) groups is 1. The van der Waals surface area contributed by atoms with E-state index in [0.29, 0.717) is 5.69 Å². The number of nitrogens with one attached hydrogen (secondary N) is 2. The predicted octanol–water partition coefficient (Wildman–Crippen LogP) is 0.598. The molecule has 21 heavy (non-hydrogen) atoms. The van der Waals surface area contributed by atoms with Crippen LogP contribution in [0.25, 0.3) is 0 Å². The largest absolute Gasteiger partial charge is 0.508 e. The Morgan fingerprint density at radius 1 is 1.10 bits per heavy atom. The quantitative estimate of drug-likeness (QED) is 0.487. The molecule has 0 bridgehead atoms. The van der Waals surface area contributed by atoms with Crippen LogP contribution < -0.4 is 16.0 Å². The molecule has 0 saturated carbocycles. The standard InChI is InChI=1S/C13H13N3O4S/c14-10-2-1-3-12(8-10)21(19,20)16-15-13(18)9-4-6-11(17)7-5-9/h1-8,16-17H,14H2,(H,15,18). The molecule has 0 radical (unpaired) electrons. The highest BCUT2D eigenvalue weighted by Gasteiger charge is 2.15. The molecule has 0 aliphatic heterocycles. The molecule has 0 fully saturated rings. The lowest BCUT2D eigenvalue weighted by atomic mass is 10.2. The molecule has 0 aromatic heterocycles. The van der Waals surface area contributed by atoms with Crippen LogP contribution in [0.4, 0.5) is 5.69 Å². The highest BCUT2D eigenvalue weighted by atomic mass is 32.2. The summed E-state index contributed by atoms with van der Waals surface area (Å²) >= 11 is 0. The number of benzene rings is 2. The van der Waals surface area contributed by atoms with Crippen LogP contribution in [-0.4, -0.2) is 19.4 Å². The third-order valence-electron chi connectivity index (χ3n) is 2.60. The van der Waals surface area contributed by atoms with E-state index in [1.54, 1.807) is 6.07 Å². The summed E-state index contributed by atoms with van der Waals surface area (Å²) in [5.41, 5.74) is 8.08. The maximum atomic E-state index is 12.0. The highest BCUT2D eigenvalue weighted by Crippen LogP contribution is 2.12. The van der Waals surface area contributed by atoms with E-state index in [1.165, 1.54) is 42.5 Å². The number of phenols is 1. The molecule has 110 valence electrons. The highest BCUT2D eigenvalue weighted by molar-refractivity contribution is 7.89. The first-order valence-electron chi connectivity index (χ1n) is 5.85. The van der Waals surface area contributed by atoms with Crippen molar-refractivity contribution in [1.82, 2.24) is 10.3 Å². The number of hydrazine groups is 1. The van der Waals surface area contributed by atoms with Gasteiger partial charge in [0.05, 0.1) is 4.90 Å². The van der Waals surface area contributed by atoms with Crippen LogP contribution in [-0.2, 0) is 10.0 Å². The summed E-state index contributed by atoms with van der Waals surface area (Å²) in [6.45, 7) is 0. The van der Waals surface area contributed by atoms with Gasteiger partial charge in [-0.1, -0.05) is 6.07 Å². The normalized spacial score (nSPS) is 11.0. The number of nitrogens with two attached hydrogens (primary N) is 1. The second kappa shape index (κ2) is 5.81. The molecule has 0 saturated heterocycles. The molecule has 0 aliphatic carbocycles. The van der Waals surface area contributed by atoms with E-state index >= 15 is 0 Å². The Bertz CT molecular complexity index is 757. The summed E-state index contributed by atoms with van der Waals surface area (Å²) in [4.78, 5) is 13.7. The number of amides is 1. The number of hydrogen-bond acceptors (Lipinski definition) is 5. The Labute approximate surface area is 121 Å². The van der Waals surface area contributed by atoms with Gasteiger partial charge in [-0.25, -0.2) is 8.42 Å². The van der Waals surface area contributed by atoms with Gasteiger partial charge in [0.25, 0.3) is 15.9 Å². The zero-order valence-corrected chi connectivity index (χ0v) is 11.6. The summed E-state index contributed by atoms with van der Waals surface area (Å²) in [5.74, 6) is -0.644. The molecule has 1 amide bonds. The van der Waals surface area contributed by atoms with E-state index in [9.17, 15) is 13.2 Å². The van der Waals surface area contributed by atoms with Crippen LogP contribution in [0.5, 0.6) is 5.75 Å². The molecule has 0 unspecified atom stereocenters. The van der Waals surface area contributed by atoms with Crippen LogP contribution in [0.2, 0.25) is 0 Å². The van der Waals surface area contributed by atoms with Gasteiger partial charge in [0, 0.05) is 11.3 Å². The number of anilines is 1. The monoisotopic (exact) mass is 307 g/mol. The van der Waals surface area contributed by atoms with Gasteiger partial charge in [-0.2, -0.15) is 0 Å². The van der Waals surface area contributed by atoms with Crippen LogP contribution in [0, 0.1) is 0 Å². The molecule has 2 rings (SSSR count). The molecule has 0 heterocycles. The minimum Gasteiger partial charge on any atom is -0.508 e. The predicted molar refractivity (Wildman–Crippen MR) is 76.7 cm³/mol. The average Bonchev–Trinajstić information content (AvgIpc) is 2.45. The summed E-state index contributed by atoms with van der Waals surface area (Å²) in [7, 11) is -3.91. The van der Waals surface area contributed by atoms with Crippen LogP contribution >= 0.6 is 0 Å². The molecule has 2 aromatic carbocycles. The summed E-state index contributed by atoms with van der Waals surface area (Å²) in [6.07, 6.45) is 0. The lowest BCUT2D eigenvalue weighted by Gasteiger charge is -2.09. The van der Waals surface area contributed by atoms with Crippen LogP contribution in [0.15, 0.2) is 53.4 Å².